The van der Waals surface area contributed by atoms with Crippen LogP contribution in [0.15, 0.2) is 91.0 Å². The number of aryl methyl sites for hydroxylation is 1. The summed E-state index contributed by atoms with van der Waals surface area (Å²) in [5.41, 5.74) is 7.31. The molecule has 3 aromatic heterocycles. The molecule has 2 saturated heterocycles. The Labute approximate surface area is 414 Å². The molecule has 17 heteroatoms. The highest BCUT2D eigenvalue weighted by atomic mass is 32.1. The van der Waals surface area contributed by atoms with E-state index in [1.807, 2.05) is 103 Å². The van der Waals surface area contributed by atoms with Crippen LogP contribution in [0, 0.1) is 12.8 Å². The lowest BCUT2D eigenvalue weighted by Crippen LogP contribution is -2.40. The molecule has 3 aliphatic rings. The molecule has 364 valence electrons. The van der Waals surface area contributed by atoms with Gasteiger partial charge in [-0.1, -0.05) is 59.9 Å². The molecular weight excluding hydrogens is 919 g/mol. The van der Waals surface area contributed by atoms with Gasteiger partial charge in [-0.3, -0.25) is 39.4 Å². The van der Waals surface area contributed by atoms with E-state index >= 15 is 0 Å². The number of thiazole rings is 1. The van der Waals surface area contributed by atoms with Crippen LogP contribution in [0.2, 0.25) is 0 Å². The minimum atomic E-state index is -1.13. The molecule has 1 unspecified atom stereocenters. The van der Waals surface area contributed by atoms with Crippen molar-refractivity contribution in [1.29, 1.82) is 0 Å². The topological polar surface area (TPSA) is 201 Å². The lowest BCUT2D eigenvalue weighted by molar-refractivity contribution is -0.134. The van der Waals surface area contributed by atoms with Gasteiger partial charge in [0.25, 0.3) is 5.91 Å². The number of nitrogens with zero attached hydrogens (tertiary/aromatic N) is 6. The molecule has 6 heterocycles. The first-order valence-corrected chi connectivity index (χ1v) is 25.1. The number of carboxylic acids is 1. The first kappa shape index (κ1) is 47.2. The van der Waals surface area contributed by atoms with E-state index < -0.39 is 11.9 Å². The summed E-state index contributed by atoms with van der Waals surface area (Å²) in [7, 11) is 1.80. The molecule has 4 amide bonds. The maximum absolute atomic E-state index is 13.6. The average Bonchev–Trinajstić information content (AvgIpc) is 3.94. The van der Waals surface area contributed by atoms with Gasteiger partial charge in [-0.15, -0.1) is 0 Å². The van der Waals surface area contributed by atoms with Gasteiger partial charge in [-0.05, 0) is 129 Å². The number of benzene rings is 4. The minimum Gasteiger partial charge on any atom is -0.493 e. The van der Waals surface area contributed by atoms with Crippen LogP contribution in [0.5, 0.6) is 5.75 Å². The lowest BCUT2D eigenvalue weighted by Gasteiger charge is -2.32. The maximum Gasteiger partial charge on any atom is 0.355 e. The van der Waals surface area contributed by atoms with Gasteiger partial charge in [0.05, 0.1) is 46.2 Å². The zero-order valence-corrected chi connectivity index (χ0v) is 40.5. The summed E-state index contributed by atoms with van der Waals surface area (Å²) in [4.78, 5) is 77.8. The van der Waals surface area contributed by atoms with Gasteiger partial charge in [0.15, 0.2) is 10.8 Å². The van der Waals surface area contributed by atoms with Gasteiger partial charge in [0, 0.05) is 49.6 Å². The first-order chi connectivity index (χ1) is 34.5. The van der Waals surface area contributed by atoms with E-state index in [1.165, 1.54) is 11.3 Å². The van der Waals surface area contributed by atoms with Gasteiger partial charge in [-0.2, -0.15) is 5.10 Å². The molecule has 7 aromatic rings. The zero-order valence-electron chi connectivity index (χ0n) is 39.7. The van der Waals surface area contributed by atoms with E-state index in [0.717, 1.165) is 88.6 Å². The number of carbonyl (C=O) groups excluding carboxylic acids is 4. The number of imide groups is 1. The largest absolute Gasteiger partial charge is 0.493 e. The van der Waals surface area contributed by atoms with E-state index in [2.05, 4.69) is 30.9 Å². The van der Waals surface area contributed by atoms with Crippen molar-refractivity contribution in [3.8, 4) is 16.9 Å². The summed E-state index contributed by atoms with van der Waals surface area (Å²) < 4.78 is 9.01. The summed E-state index contributed by atoms with van der Waals surface area (Å²) >= 11 is 1.43. The maximum atomic E-state index is 13.6. The number of nitrogens with one attached hydrogen (secondary N) is 3. The number of unbranched alkanes of at least 4 members (excludes halogenated alkanes) is 1. The number of hydrogen-bond acceptors (Lipinski definition) is 12. The predicted octanol–water partition coefficient (Wildman–Crippen LogP) is 8.49. The number of fused-ring (bicyclic) bond motifs is 3. The van der Waals surface area contributed by atoms with Crippen molar-refractivity contribution < 1.29 is 33.8 Å². The number of anilines is 3. The number of likely N-dealkylation sites (tertiary alicyclic amines) is 1. The quantitative estimate of drug-likeness (QED) is 0.0565. The molecule has 0 radical (unpaired) electrons. The second kappa shape index (κ2) is 20.5. The lowest BCUT2D eigenvalue weighted by atomic mass is 9.92. The van der Waals surface area contributed by atoms with Crippen molar-refractivity contribution in [2.45, 2.75) is 70.8 Å². The Morgan fingerprint density at radius 2 is 1.73 bits per heavy atom. The minimum absolute atomic E-state index is 0.0548. The second-order valence-electron chi connectivity index (χ2n) is 18.7. The van der Waals surface area contributed by atoms with Crippen LogP contribution >= 0.6 is 11.3 Å². The van der Waals surface area contributed by atoms with Crippen molar-refractivity contribution in [3.05, 3.63) is 125 Å². The number of aromatic carboxylic acids is 1. The average molecular weight is 974 g/mol. The first-order valence-electron chi connectivity index (χ1n) is 24.3. The number of pyridine rings is 1. The fourth-order valence-corrected chi connectivity index (χ4v) is 11.3. The van der Waals surface area contributed by atoms with E-state index in [0.29, 0.717) is 77.7 Å². The Hall–Kier alpha value is -7.50. The Balaban J connectivity index is 0.723. The second-order valence-corrected chi connectivity index (χ2v) is 19.7. The Morgan fingerprint density at radius 1 is 0.887 bits per heavy atom. The summed E-state index contributed by atoms with van der Waals surface area (Å²) in [6, 6.07) is 28.4. The van der Waals surface area contributed by atoms with Gasteiger partial charge in [0.2, 0.25) is 17.7 Å². The predicted molar refractivity (Wildman–Crippen MR) is 273 cm³/mol. The number of amides is 4. The SMILES string of the molecule is Cc1c(OCCCC[C@H]2CCCN(CC(=O)Nc3cccc4c(C5CCC(=O)NC5=O)nn(C)c34)C2)cccc1-c1ccc(N2CCc3cccc(C(=O)Nc4nc5ccccc5s4)c3C2)nc1C(=O)O. The van der Waals surface area contributed by atoms with Gasteiger partial charge in [0.1, 0.15) is 11.6 Å². The van der Waals surface area contributed by atoms with Crippen molar-refractivity contribution in [2.75, 3.05) is 48.3 Å². The Bertz CT molecular complexity index is 3190. The zero-order chi connectivity index (χ0) is 49.2. The van der Waals surface area contributed by atoms with Crippen LogP contribution in [0.3, 0.4) is 0 Å². The molecule has 2 fully saturated rings. The number of hydrogen-bond donors (Lipinski definition) is 4. The van der Waals surface area contributed by atoms with Crippen molar-refractivity contribution >= 4 is 78.7 Å². The van der Waals surface area contributed by atoms with Crippen molar-refractivity contribution in [2.24, 2.45) is 13.0 Å². The van der Waals surface area contributed by atoms with Crippen LogP contribution < -0.4 is 25.6 Å². The molecule has 0 bridgehead atoms. The molecule has 0 aliphatic carbocycles. The fourth-order valence-electron chi connectivity index (χ4n) is 10.5. The highest BCUT2D eigenvalue weighted by molar-refractivity contribution is 7.22. The number of ether oxygens (including phenoxy) is 1. The van der Waals surface area contributed by atoms with Crippen LogP contribution in [0.1, 0.15) is 94.1 Å². The van der Waals surface area contributed by atoms with Crippen molar-refractivity contribution in [1.82, 2.24) is 30.0 Å². The third kappa shape index (κ3) is 10.1. The van der Waals surface area contributed by atoms with Crippen molar-refractivity contribution in [3.63, 3.8) is 0 Å². The summed E-state index contributed by atoms with van der Waals surface area (Å²) in [5.74, 6) is -0.960. The summed E-state index contributed by atoms with van der Waals surface area (Å²) in [6.45, 7) is 5.41. The molecule has 10 rings (SSSR count). The normalized spacial score (nSPS) is 17.2. The number of para-hydroxylation sites is 2. The molecule has 16 nitrogen and oxygen atoms in total. The molecule has 2 atom stereocenters. The van der Waals surface area contributed by atoms with Crippen LogP contribution in [-0.2, 0) is 34.4 Å². The third-order valence-corrected chi connectivity index (χ3v) is 14.9. The smallest absolute Gasteiger partial charge is 0.355 e. The molecule has 0 spiro atoms. The molecular formula is C54H55N9O7S. The number of piperidine rings is 2. The fraction of sp³-hybridized carbons (Fsp3) is 0.333. The summed E-state index contributed by atoms with van der Waals surface area (Å²) in [5, 5.41) is 25.0. The number of rotatable bonds is 15. The standard InChI is InChI=1S/C54H55N9O7S/c1-32-35(36-21-23-45(57-49(36)53(68)69)63-27-25-34-13-7-15-37(40(34)30-63)51(66)59-54-56-41-17-3-4-20-44(41)71-54)14-9-19-43(32)70-28-6-5-11-33-12-10-26-62(29-33)31-47(65)55-42-18-8-16-38-48(60-61(2)50(38)42)39-22-24-46(64)58-52(39)67/h3-4,7-9,13-21,23,33,39H,5-6,10-12,22,24-31H2,1-2H3,(H,55,65)(H,68,69)(H,56,59,66)(H,58,64,67)/t33-,39?/m0/s1. The Morgan fingerprint density at radius 3 is 2.58 bits per heavy atom. The molecule has 3 aliphatic heterocycles. The van der Waals surface area contributed by atoms with E-state index in [1.54, 1.807) is 11.7 Å². The Kier molecular flexibility index (Phi) is 13.6. The molecule has 0 saturated carbocycles. The highest BCUT2D eigenvalue weighted by Crippen LogP contribution is 2.36. The third-order valence-electron chi connectivity index (χ3n) is 14.0. The van der Waals surface area contributed by atoms with Crippen LogP contribution in [-0.4, -0.2) is 92.1 Å². The number of carboxylic acid groups (broad SMARTS) is 1. The van der Waals surface area contributed by atoms with Gasteiger partial charge < -0.3 is 20.1 Å². The van der Waals surface area contributed by atoms with Gasteiger partial charge in [-0.25, -0.2) is 14.8 Å². The van der Waals surface area contributed by atoms with E-state index in [4.69, 9.17) is 9.72 Å². The van der Waals surface area contributed by atoms with E-state index in [9.17, 15) is 29.1 Å². The van der Waals surface area contributed by atoms with Crippen LogP contribution in [0.4, 0.5) is 16.6 Å². The molecule has 71 heavy (non-hydrogen) atoms. The van der Waals surface area contributed by atoms with Crippen LogP contribution in [0.25, 0.3) is 32.2 Å². The number of carbonyl (C=O) groups is 5. The summed E-state index contributed by atoms with van der Waals surface area (Å²) in [6.07, 6.45) is 6.27. The highest BCUT2D eigenvalue weighted by Gasteiger charge is 2.33. The molecule has 4 N–H and O–H groups in total. The van der Waals surface area contributed by atoms with Gasteiger partial charge >= 0.3 is 5.97 Å². The monoisotopic (exact) mass is 973 g/mol. The van der Waals surface area contributed by atoms with E-state index in [-0.39, 0.29) is 42.3 Å². The number of aromatic nitrogens is 4. The molecule has 4 aromatic carbocycles.